The molecule has 0 radical (unpaired) electrons. The van der Waals surface area contributed by atoms with Crippen LogP contribution < -0.4 is 0 Å². The van der Waals surface area contributed by atoms with E-state index >= 15 is 0 Å². The SMILES string of the molecule is CCCCCC(C)c1c(C)cccc1C. The normalized spacial score (nSPS) is 12.8. The fraction of sp³-hybridized carbons (Fsp3) is 0.600. The molecule has 0 bridgehead atoms. The topological polar surface area (TPSA) is 0 Å². The highest BCUT2D eigenvalue weighted by Gasteiger charge is 2.10. The van der Waals surface area contributed by atoms with E-state index < -0.39 is 0 Å². The van der Waals surface area contributed by atoms with Gasteiger partial charge in [0.05, 0.1) is 0 Å². The molecule has 15 heavy (non-hydrogen) atoms. The lowest BCUT2D eigenvalue weighted by Crippen LogP contribution is -1.99. The zero-order valence-electron chi connectivity index (χ0n) is 10.6. The molecule has 1 aromatic rings. The summed E-state index contributed by atoms with van der Waals surface area (Å²) >= 11 is 0. The lowest BCUT2D eigenvalue weighted by Gasteiger charge is -2.17. The first-order valence-electron chi connectivity index (χ1n) is 6.23. The molecule has 84 valence electrons. The van der Waals surface area contributed by atoms with Gasteiger partial charge in [-0.05, 0) is 42.9 Å². The molecular weight excluding hydrogens is 180 g/mol. The van der Waals surface area contributed by atoms with E-state index in [1.54, 1.807) is 5.56 Å². The van der Waals surface area contributed by atoms with Crippen LogP contribution in [0.1, 0.15) is 62.1 Å². The van der Waals surface area contributed by atoms with Crippen molar-refractivity contribution in [2.24, 2.45) is 0 Å². The molecule has 0 amide bonds. The maximum Gasteiger partial charge on any atom is -0.0185 e. The monoisotopic (exact) mass is 204 g/mol. The van der Waals surface area contributed by atoms with Crippen molar-refractivity contribution in [2.75, 3.05) is 0 Å². The van der Waals surface area contributed by atoms with E-state index in [1.807, 2.05) is 0 Å². The minimum atomic E-state index is 0.720. The predicted octanol–water partition coefficient (Wildman–Crippen LogP) is 4.99. The fourth-order valence-electron chi connectivity index (χ4n) is 2.45. The van der Waals surface area contributed by atoms with Gasteiger partial charge in [0, 0.05) is 0 Å². The zero-order chi connectivity index (χ0) is 11.3. The van der Waals surface area contributed by atoms with Crippen molar-refractivity contribution in [3.63, 3.8) is 0 Å². The molecule has 0 heterocycles. The first-order chi connectivity index (χ1) is 7.16. The van der Waals surface area contributed by atoms with Crippen LogP contribution in [0.2, 0.25) is 0 Å². The van der Waals surface area contributed by atoms with Gasteiger partial charge in [-0.2, -0.15) is 0 Å². The van der Waals surface area contributed by atoms with Gasteiger partial charge in [0.1, 0.15) is 0 Å². The van der Waals surface area contributed by atoms with E-state index in [0.29, 0.717) is 0 Å². The second kappa shape index (κ2) is 5.95. The zero-order valence-corrected chi connectivity index (χ0v) is 10.6. The molecule has 0 heteroatoms. The molecule has 0 aromatic heterocycles. The van der Waals surface area contributed by atoms with Crippen LogP contribution in [0, 0.1) is 13.8 Å². The smallest absolute Gasteiger partial charge is 0.0185 e. The lowest BCUT2D eigenvalue weighted by atomic mass is 9.88. The third kappa shape index (κ3) is 3.37. The average molecular weight is 204 g/mol. The molecule has 0 fully saturated rings. The van der Waals surface area contributed by atoms with Crippen molar-refractivity contribution >= 4 is 0 Å². The van der Waals surface area contributed by atoms with E-state index in [4.69, 9.17) is 0 Å². The van der Waals surface area contributed by atoms with E-state index in [-0.39, 0.29) is 0 Å². The lowest BCUT2D eigenvalue weighted by molar-refractivity contribution is 0.594. The molecular formula is C15H24. The molecule has 1 unspecified atom stereocenters. The highest BCUT2D eigenvalue weighted by atomic mass is 14.1. The Balaban J connectivity index is 2.68. The summed E-state index contributed by atoms with van der Waals surface area (Å²) < 4.78 is 0. The van der Waals surface area contributed by atoms with Crippen LogP contribution in [0.4, 0.5) is 0 Å². The number of hydrogen-bond acceptors (Lipinski definition) is 0. The summed E-state index contributed by atoms with van der Waals surface area (Å²) in [6.45, 7) is 9.10. The summed E-state index contributed by atoms with van der Waals surface area (Å²) in [5, 5.41) is 0. The van der Waals surface area contributed by atoms with Crippen LogP contribution in [0.15, 0.2) is 18.2 Å². The summed E-state index contributed by atoms with van der Waals surface area (Å²) in [6, 6.07) is 6.63. The van der Waals surface area contributed by atoms with Gasteiger partial charge in [-0.3, -0.25) is 0 Å². The van der Waals surface area contributed by atoms with Crippen molar-refractivity contribution in [1.82, 2.24) is 0 Å². The van der Waals surface area contributed by atoms with Gasteiger partial charge in [-0.15, -0.1) is 0 Å². The number of unbranched alkanes of at least 4 members (excludes halogenated alkanes) is 2. The Hall–Kier alpha value is -0.780. The van der Waals surface area contributed by atoms with Crippen LogP contribution in [-0.2, 0) is 0 Å². The molecule has 1 aromatic carbocycles. The van der Waals surface area contributed by atoms with Crippen molar-refractivity contribution in [3.8, 4) is 0 Å². The van der Waals surface area contributed by atoms with Gasteiger partial charge in [-0.1, -0.05) is 51.3 Å². The van der Waals surface area contributed by atoms with Crippen LogP contribution in [-0.4, -0.2) is 0 Å². The Morgan fingerprint density at radius 2 is 1.67 bits per heavy atom. The largest absolute Gasteiger partial charge is 0.0654 e. The summed E-state index contributed by atoms with van der Waals surface area (Å²) in [5.41, 5.74) is 4.49. The number of hydrogen-bond donors (Lipinski definition) is 0. The predicted molar refractivity (Wildman–Crippen MR) is 68.5 cm³/mol. The Morgan fingerprint density at radius 1 is 1.07 bits per heavy atom. The summed E-state index contributed by atoms with van der Waals surface area (Å²) in [6.07, 6.45) is 5.39. The maximum absolute atomic E-state index is 2.37. The number of rotatable bonds is 5. The fourth-order valence-corrected chi connectivity index (χ4v) is 2.45. The third-order valence-electron chi connectivity index (χ3n) is 3.28. The van der Waals surface area contributed by atoms with E-state index in [2.05, 4.69) is 45.9 Å². The highest BCUT2D eigenvalue weighted by Crippen LogP contribution is 2.27. The standard InChI is InChI=1S/C15H24/c1-5-6-7-9-12(2)15-13(3)10-8-11-14(15)4/h8,10-12H,5-7,9H2,1-4H3. The van der Waals surface area contributed by atoms with Gasteiger partial charge >= 0.3 is 0 Å². The number of benzene rings is 1. The third-order valence-corrected chi connectivity index (χ3v) is 3.28. The minimum absolute atomic E-state index is 0.720. The quantitative estimate of drug-likeness (QED) is 0.593. The van der Waals surface area contributed by atoms with Crippen molar-refractivity contribution in [2.45, 2.75) is 59.3 Å². The summed E-state index contributed by atoms with van der Waals surface area (Å²) in [4.78, 5) is 0. The van der Waals surface area contributed by atoms with Gasteiger partial charge in [0.25, 0.3) is 0 Å². The Kier molecular flexibility index (Phi) is 4.87. The van der Waals surface area contributed by atoms with Crippen LogP contribution in [0.3, 0.4) is 0 Å². The molecule has 0 saturated carbocycles. The Bertz CT molecular complexity index is 279. The second-order valence-electron chi connectivity index (χ2n) is 4.70. The molecule has 0 nitrogen and oxygen atoms in total. The van der Waals surface area contributed by atoms with E-state index in [9.17, 15) is 0 Å². The second-order valence-corrected chi connectivity index (χ2v) is 4.70. The van der Waals surface area contributed by atoms with Gasteiger partial charge in [-0.25, -0.2) is 0 Å². The van der Waals surface area contributed by atoms with Crippen molar-refractivity contribution in [1.29, 1.82) is 0 Å². The van der Waals surface area contributed by atoms with Gasteiger partial charge < -0.3 is 0 Å². The highest BCUT2D eigenvalue weighted by molar-refractivity contribution is 5.36. The molecule has 0 saturated heterocycles. The van der Waals surface area contributed by atoms with Crippen LogP contribution >= 0.6 is 0 Å². The van der Waals surface area contributed by atoms with Gasteiger partial charge in [0.15, 0.2) is 0 Å². The first kappa shape index (κ1) is 12.3. The minimum Gasteiger partial charge on any atom is -0.0654 e. The van der Waals surface area contributed by atoms with Crippen molar-refractivity contribution < 1.29 is 0 Å². The maximum atomic E-state index is 2.37. The molecule has 0 aliphatic rings. The van der Waals surface area contributed by atoms with Crippen molar-refractivity contribution in [3.05, 3.63) is 34.9 Å². The van der Waals surface area contributed by atoms with Gasteiger partial charge in [0.2, 0.25) is 0 Å². The molecule has 0 aliphatic heterocycles. The van der Waals surface area contributed by atoms with E-state index in [0.717, 1.165) is 5.92 Å². The first-order valence-corrected chi connectivity index (χ1v) is 6.23. The van der Waals surface area contributed by atoms with Crippen LogP contribution in [0.5, 0.6) is 0 Å². The molecule has 1 rings (SSSR count). The number of aryl methyl sites for hydroxylation is 2. The molecule has 0 aliphatic carbocycles. The molecule has 0 spiro atoms. The average Bonchev–Trinajstić information content (AvgIpc) is 2.18. The van der Waals surface area contributed by atoms with Crippen LogP contribution in [0.25, 0.3) is 0 Å². The Labute approximate surface area is 94.7 Å². The summed E-state index contributed by atoms with van der Waals surface area (Å²) in [5.74, 6) is 0.720. The summed E-state index contributed by atoms with van der Waals surface area (Å²) in [7, 11) is 0. The van der Waals surface area contributed by atoms with E-state index in [1.165, 1.54) is 36.8 Å². The Morgan fingerprint density at radius 3 is 2.20 bits per heavy atom. The molecule has 1 atom stereocenters. The molecule has 0 N–H and O–H groups in total.